The van der Waals surface area contributed by atoms with Crippen LogP contribution in [0.5, 0.6) is 0 Å². The van der Waals surface area contributed by atoms with E-state index >= 15 is 0 Å². The number of benzene rings is 1. The van der Waals surface area contributed by atoms with Gasteiger partial charge in [-0.15, -0.1) is 23.1 Å². The summed E-state index contributed by atoms with van der Waals surface area (Å²) in [6, 6.07) is 6.38. The Balaban J connectivity index is 1.93. The molecule has 0 atom stereocenters. The maximum Gasteiger partial charge on any atom is 0.269 e. The number of amides is 1. The quantitative estimate of drug-likeness (QED) is 0.520. The van der Waals surface area contributed by atoms with Gasteiger partial charge in [0, 0.05) is 35.1 Å². The summed E-state index contributed by atoms with van der Waals surface area (Å²) in [5.74, 6) is 0.502. The van der Waals surface area contributed by atoms with Gasteiger partial charge in [0.25, 0.3) is 5.69 Å². The normalized spacial score (nSPS) is 10.2. The molecule has 104 valence electrons. The van der Waals surface area contributed by atoms with Crippen LogP contribution < -0.4 is 5.32 Å². The number of carbonyl (C=O) groups is 1. The molecule has 1 amide bonds. The maximum absolute atomic E-state index is 10.9. The number of hydrogen-bond donors (Lipinski definition) is 1. The van der Waals surface area contributed by atoms with Gasteiger partial charge in [0.05, 0.1) is 10.6 Å². The second-order valence-electron chi connectivity index (χ2n) is 3.86. The number of hydrogen-bond acceptors (Lipinski definition) is 6. The molecule has 0 unspecified atom stereocenters. The molecule has 6 nitrogen and oxygen atoms in total. The SMILES string of the molecule is CC(=O)Nc1nc(CSc2ccc([N+](=O)[O-])cc2)cs1. The van der Waals surface area contributed by atoms with Gasteiger partial charge in [-0.3, -0.25) is 14.9 Å². The first-order valence-electron chi connectivity index (χ1n) is 5.64. The van der Waals surface area contributed by atoms with Crippen molar-refractivity contribution < 1.29 is 9.72 Å². The molecule has 0 bridgehead atoms. The molecule has 2 rings (SSSR count). The average Bonchev–Trinajstić information content (AvgIpc) is 2.83. The third-order valence-corrected chi connectivity index (χ3v) is 4.12. The predicted molar refractivity (Wildman–Crippen MR) is 79.1 cm³/mol. The highest BCUT2D eigenvalue weighted by Gasteiger charge is 2.06. The van der Waals surface area contributed by atoms with E-state index < -0.39 is 4.92 Å². The highest BCUT2D eigenvalue weighted by molar-refractivity contribution is 7.98. The third kappa shape index (κ3) is 4.04. The summed E-state index contributed by atoms with van der Waals surface area (Å²) < 4.78 is 0. The van der Waals surface area contributed by atoms with Crippen molar-refractivity contribution in [1.29, 1.82) is 0 Å². The summed E-state index contributed by atoms with van der Waals surface area (Å²) in [5.41, 5.74) is 0.943. The van der Waals surface area contributed by atoms with Crippen molar-refractivity contribution >= 4 is 39.8 Å². The Hall–Kier alpha value is -1.93. The van der Waals surface area contributed by atoms with Gasteiger partial charge in [-0.25, -0.2) is 4.98 Å². The molecule has 2 aromatic rings. The van der Waals surface area contributed by atoms with Crippen LogP contribution in [0.25, 0.3) is 0 Å². The number of thiazole rings is 1. The molecule has 1 aromatic carbocycles. The lowest BCUT2D eigenvalue weighted by Gasteiger charge is -1.99. The molecular weight excluding hydrogens is 298 g/mol. The van der Waals surface area contributed by atoms with E-state index in [0.29, 0.717) is 10.9 Å². The van der Waals surface area contributed by atoms with Crippen molar-refractivity contribution in [3.8, 4) is 0 Å². The molecule has 0 saturated carbocycles. The second kappa shape index (κ2) is 6.49. The minimum atomic E-state index is -0.422. The standard InChI is InChI=1S/C12H11N3O3S2/c1-8(16)13-12-14-9(7-20-12)6-19-11-4-2-10(3-5-11)15(17)18/h2-5,7H,6H2,1H3,(H,13,14,16). The van der Waals surface area contributed by atoms with Crippen LogP contribution in [0.15, 0.2) is 34.5 Å². The summed E-state index contributed by atoms with van der Waals surface area (Å²) >= 11 is 2.91. The van der Waals surface area contributed by atoms with Gasteiger partial charge in [-0.05, 0) is 12.1 Å². The Morgan fingerprint density at radius 3 is 2.75 bits per heavy atom. The molecule has 0 saturated heterocycles. The summed E-state index contributed by atoms with van der Waals surface area (Å²) in [6.07, 6.45) is 0. The minimum absolute atomic E-state index is 0.0796. The number of aromatic nitrogens is 1. The minimum Gasteiger partial charge on any atom is -0.302 e. The van der Waals surface area contributed by atoms with Crippen LogP contribution >= 0.6 is 23.1 Å². The fraction of sp³-hybridized carbons (Fsp3) is 0.167. The highest BCUT2D eigenvalue weighted by Crippen LogP contribution is 2.26. The lowest BCUT2D eigenvalue weighted by atomic mass is 10.3. The summed E-state index contributed by atoms with van der Waals surface area (Å²) in [4.78, 5) is 26.2. The van der Waals surface area contributed by atoms with Crippen LogP contribution in [0.2, 0.25) is 0 Å². The van der Waals surface area contributed by atoms with Gasteiger partial charge in [-0.2, -0.15) is 0 Å². The van der Waals surface area contributed by atoms with Crippen molar-refractivity contribution in [1.82, 2.24) is 4.98 Å². The monoisotopic (exact) mass is 309 g/mol. The Morgan fingerprint density at radius 2 is 2.15 bits per heavy atom. The second-order valence-corrected chi connectivity index (χ2v) is 5.77. The predicted octanol–water partition coefficient (Wildman–Crippen LogP) is 3.30. The summed E-state index contributed by atoms with van der Waals surface area (Å²) in [7, 11) is 0. The first-order chi connectivity index (χ1) is 9.54. The molecular formula is C12H11N3O3S2. The van der Waals surface area contributed by atoms with Crippen molar-refractivity contribution in [3.63, 3.8) is 0 Å². The Kier molecular flexibility index (Phi) is 4.70. The van der Waals surface area contributed by atoms with Gasteiger partial charge in [0.1, 0.15) is 0 Å². The lowest BCUT2D eigenvalue weighted by Crippen LogP contribution is -2.05. The Bertz CT molecular complexity index is 625. The average molecular weight is 309 g/mol. The number of anilines is 1. The molecule has 0 radical (unpaired) electrons. The molecule has 0 aliphatic heterocycles. The zero-order chi connectivity index (χ0) is 14.5. The molecule has 0 spiro atoms. The fourth-order valence-corrected chi connectivity index (χ4v) is 3.06. The van der Waals surface area contributed by atoms with Crippen LogP contribution in [0.4, 0.5) is 10.8 Å². The largest absolute Gasteiger partial charge is 0.302 e. The number of rotatable bonds is 5. The van der Waals surface area contributed by atoms with Gasteiger partial charge < -0.3 is 5.32 Å². The van der Waals surface area contributed by atoms with Gasteiger partial charge in [0.15, 0.2) is 5.13 Å². The molecule has 20 heavy (non-hydrogen) atoms. The Morgan fingerprint density at radius 1 is 1.45 bits per heavy atom. The van der Waals surface area contributed by atoms with Gasteiger partial charge in [0.2, 0.25) is 5.91 Å². The molecule has 8 heteroatoms. The summed E-state index contributed by atoms with van der Waals surface area (Å²) in [5, 5.41) is 15.6. The Labute approximate surface area is 123 Å². The van der Waals surface area contributed by atoms with E-state index in [1.54, 1.807) is 12.1 Å². The molecule has 0 aliphatic rings. The van der Waals surface area contributed by atoms with Crippen molar-refractivity contribution in [3.05, 3.63) is 45.5 Å². The van der Waals surface area contributed by atoms with E-state index in [9.17, 15) is 14.9 Å². The maximum atomic E-state index is 10.9. The molecule has 1 heterocycles. The van der Waals surface area contributed by atoms with Crippen LogP contribution in [-0.4, -0.2) is 15.8 Å². The number of nitro benzene ring substituents is 1. The highest BCUT2D eigenvalue weighted by atomic mass is 32.2. The first kappa shape index (κ1) is 14.5. The number of nitro groups is 1. The number of thioether (sulfide) groups is 1. The molecule has 0 fully saturated rings. The van der Waals surface area contributed by atoms with Crippen LogP contribution in [0.3, 0.4) is 0 Å². The topological polar surface area (TPSA) is 85.1 Å². The van der Waals surface area contributed by atoms with E-state index in [0.717, 1.165) is 10.6 Å². The third-order valence-electron chi connectivity index (χ3n) is 2.27. The smallest absolute Gasteiger partial charge is 0.269 e. The van der Waals surface area contributed by atoms with E-state index in [1.165, 1.54) is 42.2 Å². The van der Waals surface area contributed by atoms with E-state index in [2.05, 4.69) is 10.3 Å². The van der Waals surface area contributed by atoms with Gasteiger partial charge >= 0.3 is 0 Å². The number of carbonyl (C=O) groups excluding carboxylic acids is 1. The number of non-ortho nitro benzene ring substituents is 1. The lowest BCUT2D eigenvalue weighted by molar-refractivity contribution is -0.384. The van der Waals surface area contributed by atoms with Crippen molar-refractivity contribution in [2.24, 2.45) is 0 Å². The molecule has 0 aliphatic carbocycles. The molecule has 1 N–H and O–H groups in total. The molecule has 1 aromatic heterocycles. The van der Waals surface area contributed by atoms with Crippen molar-refractivity contribution in [2.45, 2.75) is 17.6 Å². The van der Waals surface area contributed by atoms with Crippen LogP contribution in [0.1, 0.15) is 12.6 Å². The summed E-state index contributed by atoms with van der Waals surface area (Å²) in [6.45, 7) is 1.44. The number of nitrogens with one attached hydrogen (secondary N) is 1. The van der Waals surface area contributed by atoms with Crippen LogP contribution in [-0.2, 0) is 10.5 Å². The van der Waals surface area contributed by atoms with Gasteiger partial charge in [-0.1, -0.05) is 0 Å². The fourth-order valence-electron chi connectivity index (χ4n) is 1.40. The van der Waals surface area contributed by atoms with E-state index in [4.69, 9.17) is 0 Å². The van der Waals surface area contributed by atoms with E-state index in [1.807, 2.05) is 5.38 Å². The zero-order valence-electron chi connectivity index (χ0n) is 10.5. The number of nitrogens with zero attached hydrogens (tertiary/aromatic N) is 2. The van der Waals surface area contributed by atoms with E-state index in [-0.39, 0.29) is 11.6 Å². The first-order valence-corrected chi connectivity index (χ1v) is 7.50. The zero-order valence-corrected chi connectivity index (χ0v) is 12.2. The van der Waals surface area contributed by atoms with Crippen LogP contribution in [0, 0.1) is 10.1 Å². The van der Waals surface area contributed by atoms with Crippen molar-refractivity contribution in [2.75, 3.05) is 5.32 Å².